The van der Waals surface area contributed by atoms with Crippen molar-refractivity contribution in [3.05, 3.63) is 0 Å². The lowest BCUT2D eigenvalue weighted by molar-refractivity contribution is 0.505. The van der Waals surface area contributed by atoms with Gasteiger partial charge >= 0.3 is 0 Å². The van der Waals surface area contributed by atoms with Crippen molar-refractivity contribution in [2.45, 2.75) is 81.8 Å². The van der Waals surface area contributed by atoms with Gasteiger partial charge in [0.15, 0.2) is 0 Å². The van der Waals surface area contributed by atoms with Crippen LogP contribution in [0.1, 0.15) is 78.6 Å². The number of unbranched alkanes of at least 4 members (excludes halogenated alkanes) is 6. The van der Waals surface area contributed by atoms with Crippen LogP contribution >= 0.6 is 31.9 Å². The molecule has 0 aromatic heterocycles. The van der Waals surface area contributed by atoms with Crippen molar-refractivity contribution < 1.29 is 0 Å². The second-order valence-corrected chi connectivity index (χ2v) is 9.43. The van der Waals surface area contributed by atoms with Gasteiger partial charge in [0.05, 0.1) is 3.23 Å². The summed E-state index contributed by atoms with van der Waals surface area (Å²) >= 11 is 7.59. The van der Waals surface area contributed by atoms with Gasteiger partial charge in [0.25, 0.3) is 0 Å². The van der Waals surface area contributed by atoms with Gasteiger partial charge in [-0.05, 0) is 18.8 Å². The van der Waals surface area contributed by atoms with Crippen LogP contribution in [0.15, 0.2) is 0 Å². The molecule has 0 unspecified atom stereocenters. The van der Waals surface area contributed by atoms with Crippen molar-refractivity contribution in [3.63, 3.8) is 0 Å². The molecule has 0 N–H and O–H groups in total. The maximum Gasteiger partial charge on any atom is 0.0808 e. The van der Waals surface area contributed by atoms with E-state index in [1.54, 1.807) is 0 Å². The van der Waals surface area contributed by atoms with E-state index in [0.29, 0.717) is 0 Å². The van der Waals surface area contributed by atoms with Crippen LogP contribution in [-0.2, 0) is 0 Å². The van der Waals surface area contributed by atoms with E-state index in [4.69, 9.17) is 0 Å². The Morgan fingerprint density at radius 2 is 1.38 bits per heavy atom. The van der Waals surface area contributed by atoms with E-state index in [1.807, 2.05) is 0 Å². The molecular weight excluding hydrogens is 328 g/mol. The third-order valence-corrected chi connectivity index (χ3v) is 4.29. The maximum atomic E-state index is 3.79. The Labute approximate surface area is 119 Å². The fraction of sp³-hybridized carbons (Fsp3) is 1.00. The molecule has 0 nitrogen and oxygen atoms in total. The van der Waals surface area contributed by atoms with Crippen LogP contribution in [0, 0.1) is 5.92 Å². The summed E-state index contributed by atoms with van der Waals surface area (Å²) in [6.45, 7) is 6.83. The maximum absolute atomic E-state index is 3.79. The van der Waals surface area contributed by atoms with E-state index in [2.05, 4.69) is 52.6 Å². The lowest BCUT2D eigenvalue weighted by Crippen LogP contribution is -2.14. The van der Waals surface area contributed by atoms with Crippen molar-refractivity contribution in [3.8, 4) is 0 Å². The highest BCUT2D eigenvalue weighted by atomic mass is 79.9. The summed E-state index contributed by atoms with van der Waals surface area (Å²) in [5, 5.41) is 0. The lowest BCUT2D eigenvalue weighted by atomic mass is 10.0. The smallest absolute Gasteiger partial charge is 0.0727 e. The first-order valence-electron chi connectivity index (χ1n) is 6.86. The van der Waals surface area contributed by atoms with Crippen molar-refractivity contribution in [2.24, 2.45) is 5.92 Å². The Balaban J connectivity index is 3.36. The monoisotopic (exact) mass is 354 g/mol. The quantitative estimate of drug-likeness (QED) is 0.303. The van der Waals surface area contributed by atoms with E-state index in [-0.39, 0.29) is 3.23 Å². The summed E-state index contributed by atoms with van der Waals surface area (Å²) < 4.78 is 0.192. The van der Waals surface area contributed by atoms with Gasteiger partial charge in [0, 0.05) is 0 Å². The van der Waals surface area contributed by atoms with Gasteiger partial charge in [-0.3, -0.25) is 0 Å². The standard InChI is InChI=1S/C14H28Br2/c1-4-5-6-7-8-9-10-11-14(15,16)12-13(2)3/h13H,4-12H2,1-3H3. The Hall–Kier alpha value is 0.960. The number of alkyl halides is 2. The van der Waals surface area contributed by atoms with Gasteiger partial charge in [0.1, 0.15) is 0 Å². The Morgan fingerprint density at radius 1 is 0.875 bits per heavy atom. The van der Waals surface area contributed by atoms with Crippen molar-refractivity contribution in [1.82, 2.24) is 0 Å². The highest BCUT2D eigenvalue weighted by Crippen LogP contribution is 2.38. The predicted octanol–water partition coefficient (Wildman–Crippen LogP) is 6.66. The molecule has 0 fully saturated rings. The number of hydrogen-bond acceptors (Lipinski definition) is 0. The van der Waals surface area contributed by atoms with Gasteiger partial charge in [-0.15, -0.1) is 0 Å². The Bertz CT molecular complexity index is 153. The lowest BCUT2D eigenvalue weighted by Gasteiger charge is -2.22. The summed E-state index contributed by atoms with van der Waals surface area (Å²) in [6, 6.07) is 0. The predicted molar refractivity (Wildman–Crippen MR) is 82.7 cm³/mol. The second-order valence-electron chi connectivity index (χ2n) is 5.33. The fourth-order valence-corrected chi connectivity index (χ4v) is 3.90. The topological polar surface area (TPSA) is 0 Å². The largest absolute Gasteiger partial charge is 0.0808 e. The molecule has 0 bridgehead atoms. The molecule has 0 aromatic carbocycles. The average molecular weight is 356 g/mol. The highest BCUT2D eigenvalue weighted by Gasteiger charge is 2.22. The number of rotatable bonds is 10. The minimum atomic E-state index is 0.192. The van der Waals surface area contributed by atoms with Gasteiger partial charge in [0.2, 0.25) is 0 Å². The molecule has 0 aliphatic rings. The normalized spacial score (nSPS) is 12.4. The number of halogens is 2. The van der Waals surface area contributed by atoms with E-state index in [1.165, 1.54) is 57.8 Å². The summed E-state index contributed by atoms with van der Waals surface area (Å²) in [6.07, 6.45) is 12.2. The van der Waals surface area contributed by atoms with Gasteiger partial charge in [-0.25, -0.2) is 0 Å². The van der Waals surface area contributed by atoms with Crippen LogP contribution < -0.4 is 0 Å². The highest BCUT2D eigenvalue weighted by molar-refractivity contribution is 9.25. The molecule has 16 heavy (non-hydrogen) atoms. The molecule has 0 radical (unpaired) electrons. The first-order valence-corrected chi connectivity index (χ1v) is 8.44. The number of hydrogen-bond donors (Lipinski definition) is 0. The summed E-state index contributed by atoms with van der Waals surface area (Å²) in [5.74, 6) is 0.753. The van der Waals surface area contributed by atoms with Gasteiger partial charge < -0.3 is 0 Å². The zero-order valence-electron chi connectivity index (χ0n) is 11.2. The average Bonchev–Trinajstić information content (AvgIpc) is 2.14. The minimum absolute atomic E-state index is 0.192. The molecule has 0 amide bonds. The first kappa shape index (κ1) is 17.0. The second kappa shape index (κ2) is 9.94. The van der Waals surface area contributed by atoms with Crippen molar-refractivity contribution in [2.75, 3.05) is 0 Å². The molecular formula is C14H28Br2. The Morgan fingerprint density at radius 3 is 1.88 bits per heavy atom. The summed E-state index contributed by atoms with van der Waals surface area (Å²) in [7, 11) is 0. The van der Waals surface area contributed by atoms with Crippen LogP contribution in [0.4, 0.5) is 0 Å². The zero-order chi connectivity index (χ0) is 12.4. The molecule has 0 saturated heterocycles. The molecule has 0 heterocycles. The van der Waals surface area contributed by atoms with Crippen LogP contribution in [0.3, 0.4) is 0 Å². The van der Waals surface area contributed by atoms with Crippen LogP contribution in [-0.4, -0.2) is 3.23 Å². The molecule has 0 aromatic rings. The van der Waals surface area contributed by atoms with E-state index < -0.39 is 0 Å². The fourth-order valence-electron chi connectivity index (χ4n) is 2.04. The van der Waals surface area contributed by atoms with E-state index >= 15 is 0 Å². The van der Waals surface area contributed by atoms with Crippen molar-refractivity contribution >= 4 is 31.9 Å². The molecule has 0 aliphatic carbocycles. The Kier molecular flexibility index (Phi) is 10.5. The van der Waals surface area contributed by atoms with Gasteiger partial charge in [-0.2, -0.15) is 0 Å². The minimum Gasteiger partial charge on any atom is -0.0727 e. The third-order valence-electron chi connectivity index (χ3n) is 2.85. The summed E-state index contributed by atoms with van der Waals surface area (Å²) in [4.78, 5) is 0. The first-order chi connectivity index (χ1) is 7.48. The molecule has 98 valence electrons. The van der Waals surface area contributed by atoms with E-state index in [0.717, 1.165) is 5.92 Å². The van der Waals surface area contributed by atoms with Crippen LogP contribution in [0.25, 0.3) is 0 Å². The van der Waals surface area contributed by atoms with Crippen LogP contribution in [0.5, 0.6) is 0 Å². The zero-order valence-corrected chi connectivity index (χ0v) is 14.4. The molecule has 0 spiro atoms. The third kappa shape index (κ3) is 11.4. The molecule has 0 rings (SSSR count). The molecule has 2 heteroatoms. The van der Waals surface area contributed by atoms with Crippen LogP contribution in [0.2, 0.25) is 0 Å². The summed E-state index contributed by atoms with van der Waals surface area (Å²) in [5.41, 5.74) is 0. The SMILES string of the molecule is CCCCCCCCCC(Br)(Br)CC(C)C. The van der Waals surface area contributed by atoms with Crippen molar-refractivity contribution in [1.29, 1.82) is 0 Å². The van der Waals surface area contributed by atoms with Gasteiger partial charge in [-0.1, -0.05) is 97.6 Å². The molecule has 0 atom stereocenters. The van der Waals surface area contributed by atoms with E-state index in [9.17, 15) is 0 Å². The molecule has 0 saturated carbocycles. The molecule has 0 aliphatic heterocycles.